The summed E-state index contributed by atoms with van der Waals surface area (Å²) >= 11 is 3.43. The van der Waals surface area contributed by atoms with Crippen LogP contribution in [0.3, 0.4) is 0 Å². The van der Waals surface area contributed by atoms with E-state index in [0.717, 1.165) is 10.9 Å². The van der Waals surface area contributed by atoms with Gasteiger partial charge < -0.3 is 10.8 Å². The van der Waals surface area contributed by atoms with Crippen LogP contribution in [0.2, 0.25) is 0 Å². The lowest BCUT2D eigenvalue weighted by Crippen LogP contribution is -2.39. The van der Waals surface area contributed by atoms with Crippen molar-refractivity contribution >= 4 is 15.9 Å². The molecule has 15 heavy (non-hydrogen) atoms. The Morgan fingerprint density at radius 3 is 2.67 bits per heavy atom. The fourth-order valence-corrected chi connectivity index (χ4v) is 1.95. The number of aliphatic hydroxyl groups is 1. The highest BCUT2D eigenvalue weighted by Gasteiger charge is 2.28. The van der Waals surface area contributed by atoms with Crippen LogP contribution in [0.4, 0.5) is 0 Å². The van der Waals surface area contributed by atoms with Crippen LogP contribution in [0.5, 0.6) is 0 Å². The van der Waals surface area contributed by atoms with E-state index in [1.165, 1.54) is 5.56 Å². The van der Waals surface area contributed by atoms with Crippen LogP contribution in [0.1, 0.15) is 19.4 Å². The molecule has 1 aromatic rings. The van der Waals surface area contributed by atoms with Crippen molar-refractivity contribution in [2.45, 2.75) is 26.4 Å². The second kappa shape index (κ2) is 5.10. The Balaban J connectivity index is 2.84. The maximum absolute atomic E-state index is 9.71. The Labute approximate surface area is 99.6 Å². The van der Waals surface area contributed by atoms with Gasteiger partial charge in [0.2, 0.25) is 0 Å². The molecular weight excluding hydrogens is 254 g/mol. The van der Waals surface area contributed by atoms with Crippen molar-refractivity contribution in [3.63, 3.8) is 0 Å². The van der Waals surface area contributed by atoms with Gasteiger partial charge in [-0.3, -0.25) is 0 Å². The molecule has 0 spiro atoms. The van der Waals surface area contributed by atoms with Gasteiger partial charge in [-0.25, -0.2) is 0 Å². The van der Waals surface area contributed by atoms with E-state index >= 15 is 0 Å². The quantitative estimate of drug-likeness (QED) is 0.883. The zero-order valence-electron chi connectivity index (χ0n) is 9.20. The van der Waals surface area contributed by atoms with Crippen LogP contribution in [-0.4, -0.2) is 17.8 Å². The van der Waals surface area contributed by atoms with Crippen molar-refractivity contribution in [2.75, 3.05) is 6.54 Å². The Morgan fingerprint density at radius 1 is 1.53 bits per heavy atom. The molecule has 1 aromatic carbocycles. The molecule has 0 fully saturated rings. The van der Waals surface area contributed by atoms with Gasteiger partial charge in [0.15, 0.2) is 0 Å². The molecule has 2 nitrogen and oxygen atoms in total. The number of hydrogen-bond acceptors (Lipinski definition) is 2. The molecule has 2 atom stereocenters. The third-order valence-electron chi connectivity index (χ3n) is 2.97. The normalized spacial score (nSPS) is 17.1. The molecule has 0 aliphatic carbocycles. The van der Waals surface area contributed by atoms with Crippen molar-refractivity contribution < 1.29 is 5.11 Å². The van der Waals surface area contributed by atoms with Crippen LogP contribution < -0.4 is 5.73 Å². The lowest BCUT2D eigenvalue weighted by Gasteiger charge is -2.31. The van der Waals surface area contributed by atoms with Gasteiger partial charge in [0.1, 0.15) is 0 Å². The minimum absolute atomic E-state index is 0.249. The maximum atomic E-state index is 9.71. The van der Waals surface area contributed by atoms with Gasteiger partial charge in [0.05, 0.1) is 6.10 Å². The van der Waals surface area contributed by atoms with Crippen LogP contribution in [0.15, 0.2) is 28.7 Å². The summed E-state index contributed by atoms with van der Waals surface area (Å²) in [4.78, 5) is 0. The maximum Gasteiger partial charge on any atom is 0.0580 e. The summed E-state index contributed by atoms with van der Waals surface area (Å²) in [5, 5.41) is 9.71. The van der Waals surface area contributed by atoms with Crippen molar-refractivity contribution in [3.8, 4) is 0 Å². The Hall–Kier alpha value is -0.380. The largest absolute Gasteiger partial charge is 0.393 e. The van der Waals surface area contributed by atoms with E-state index in [9.17, 15) is 5.11 Å². The zero-order valence-corrected chi connectivity index (χ0v) is 10.8. The lowest BCUT2D eigenvalue weighted by atomic mass is 9.79. The van der Waals surface area contributed by atoms with Gasteiger partial charge >= 0.3 is 0 Å². The highest BCUT2D eigenvalue weighted by Crippen LogP contribution is 2.26. The summed E-state index contributed by atoms with van der Waals surface area (Å²) in [7, 11) is 0. The van der Waals surface area contributed by atoms with E-state index in [0.29, 0.717) is 6.54 Å². The SMILES string of the molecule is CC(O)C(C)(CN)Cc1cccc(Br)c1. The minimum atomic E-state index is -0.401. The average Bonchev–Trinajstić information content (AvgIpc) is 2.17. The van der Waals surface area contributed by atoms with E-state index in [2.05, 4.69) is 28.1 Å². The molecule has 3 heteroatoms. The fraction of sp³-hybridized carbons (Fsp3) is 0.500. The van der Waals surface area contributed by atoms with Gasteiger partial charge in [0, 0.05) is 16.4 Å². The number of benzene rings is 1. The summed E-state index contributed by atoms with van der Waals surface area (Å²) in [6, 6.07) is 8.11. The van der Waals surface area contributed by atoms with E-state index in [-0.39, 0.29) is 5.41 Å². The highest BCUT2D eigenvalue weighted by molar-refractivity contribution is 9.10. The molecule has 0 saturated heterocycles. The Morgan fingerprint density at radius 2 is 2.20 bits per heavy atom. The van der Waals surface area contributed by atoms with Gasteiger partial charge in [-0.15, -0.1) is 0 Å². The molecule has 0 aliphatic heterocycles. The molecule has 3 N–H and O–H groups in total. The van der Waals surface area contributed by atoms with Crippen LogP contribution in [0.25, 0.3) is 0 Å². The van der Waals surface area contributed by atoms with Crippen molar-refractivity contribution in [1.82, 2.24) is 0 Å². The van der Waals surface area contributed by atoms with Crippen LogP contribution in [0, 0.1) is 5.41 Å². The van der Waals surface area contributed by atoms with Crippen molar-refractivity contribution in [2.24, 2.45) is 11.1 Å². The number of hydrogen-bond donors (Lipinski definition) is 2. The molecule has 1 rings (SSSR count). The first-order valence-electron chi connectivity index (χ1n) is 5.10. The number of rotatable bonds is 4. The van der Waals surface area contributed by atoms with Gasteiger partial charge in [-0.1, -0.05) is 35.0 Å². The summed E-state index contributed by atoms with van der Waals surface area (Å²) in [6.45, 7) is 4.29. The van der Waals surface area contributed by atoms with Gasteiger partial charge in [-0.05, 0) is 31.0 Å². The van der Waals surface area contributed by atoms with E-state index in [1.54, 1.807) is 6.92 Å². The topological polar surface area (TPSA) is 46.2 Å². The van der Waals surface area contributed by atoms with E-state index in [4.69, 9.17) is 5.73 Å². The summed E-state index contributed by atoms with van der Waals surface area (Å²) in [5.41, 5.74) is 6.67. The number of nitrogens with two attached hydrogens (primary N) is 1. The van der Waals surface area contributed by atoms with Crippen LogP contribution >= 0.6 is 15.9 Å². The first-order valence-corrected chi connectivity index (χ1v) is 5.90. The summed E-state index contributed by atoms with van der Waals surface area (Å²) in [6.07, 6.45) is 0.391. The first-order chi connectivity index (χ1) is 6.98. The second-order valence-electron chi connectivity index (χ2n) is 4.34. The summed E-state index contributed by atoms with van der Waals surface area (Å²) in [5.74, 6) is 0. The smallest absolute Gasteiger partial charge is 0.0580 e. The molecule has 0 aliphatic rings. The third-order valence-corrected chi connectivity index (χ3v) is 3.47. The molecule has 0 saturated carbocycles. The molecule has 0 heterocycles. The van der Waals surface area contributed by atoms with Crippen LogP contribution in [-0.2, 0) is 6.42 Å². The standard InChI is InChI=1S/C12H18BrNO/c1-9(15)12(2,8-14)7-10-4-3-5-11(13)6-10/h3-6,9,15H,7-8,14H2,1-2H3. The molecule has 0 aromatic heterocycles. The van der Waals surface area contributed by atoms with Gasteiger partial charge in [-0.2, -0.15) is 0 Å². The Bertz CT molecular complexity index is 327. The zero-order chi connectivity index (χ0) is 11.5. The lowest BCUT2D eigenvalue weighted by molar-refractivity contribution is 0.0589. The van der Waals surface area contributed by atoms with Gasteiger partial charge in [0.25, 0.3) is 0 Å². The molecule has 0 radical (unpaired) electrons. The predicted octanol–water partition coefficient (Wildman–Crippen LogP) is 2.34. The minimum Gasteiger partial charge on any atom is -0.393 e. The van der Waals surface area contributed by atoms with Crippen molar-refractivity contribution in [1.29, 1.82) is 0 Å². The average molecular weight is 272 g/mol. The molecule has 84 valence electrons. The molecule has 2 unspecified atom stereocenters. The fourth-order valence-electron chi connectivity index (χ4n) is 1.50. The molecule has 0 amide bonds. The third kappa shape index (κ3) is 3.30. The molecule has 0 bridgehead atoms. The number of halogens is 1. The van der Waals surface area contributed by atoms with E-state index < -0.39 is 6.10 Å². The number of aliphatic hydroxyl groups excluding tert-OH is 1. The monoisotopic (exact) mass is 271 g/mol. The molecular formula is C12H18BrNO. The van der Waals surface area contributed by atoms with E-state index in [1.807, 2.05) is 19.1 Å². The second-order valence-corrected chi connectivity index (χ2v) is 5.26. The highest BCUT2D eigenvalue weighted by atomic mass is 79.9. The summed E-state index contributed by atoms with van der Waals surface area (Å²) < 4.78 is 1.06. The Kier molecular flexibility index (Phi) is 4.32. The van der Waals surface area contributed by atoms with Crippen molar-refractivity contribution in [3.05, 3.63) is 34.3 Å². The first kappa shape index (κ1) is 12.7. The predicted molar refractivity (Wildman–Crippen MR) is 66.7 cm³/mol.